The minimum Gasteiger partial charge on any atom is -0.465 e. The van der Waals surface area contributed by atoms with E-state index in [4.69, 9.17) is 5.11 Å². The molecule has 1 fully saturated rings. The summed E-state index contributed by atoms with van der Waals surface area (Å²) < 4.78 is 0. The molecule has 0 bridgehead atoms. The van der Waals surface area contributed by atoms with E-state index >= 15 is 0 Å². The quantitative estimate of drug-likeness (QED) is 0.702. The van der Waals surface area contributed by atoms with E-state index in [1.54, 1.807) is 18.2 Å². The Hall–Kier alpha value is -2.90. The van der Waals surface area contributed by atoms with Crippen LogP contribution in [0.2, 0.25) is 0 Å². The van der Waals surface area contributed by atoms with E-state index in [2.05, 4.69) is 10.6 Å². The van der Waals surface area contributed by atoms with Crippen molar-refractivity contribution in [3.8, 4) is 0 Å². The molecule has 8 nitrogen and oxygen atoms in total. The first-order valence-electron chi connectivity index (χ1n) is 7.69. The molecule has 0 saturated carbocycles. The van der Waals surface area contributed by atoms with Crippen LogP contribution in [0, 0.1) is 0 Å². The number of nitrogens with one attached hydrogen (secondary N) is 2. The number of carbonyl (C=O) groups is 4. The topological polar surface area (TPSA) is 116 Å². The van der Waals surface area contributed by atoms with Crippen molar-refractivity contribution in [1.29, 1.82) is 0 Å². The van der Waals surface area contributed by atoms with E-state index in [9.17, 15) is 19.2 Å². The molecule has 2 aliphatic heterocycles. The third kappa shape index (κ3) is 2.94. The Morgan fingerprint density at radius 3 is 2.88 bits per heavy atom. The molecule has 0 aromatic heterocycles. The van der Waals surface area contributed by atoms with Crippen LogP contribution in [0.15, 0.2) is 18.2 Å². The minimum atomic E-state index is -1.14. The summed E-state index contributed by atoms with van der Waals surface area (Å²) in [7, 11) is 0. The van der Waals surface area contributed by atoms with Gasteiger partial charge in [-0.1, -0.05) is 12.1 Å². The lowest BCUT2D eigenvalue weighted by atomic mass is 10.0. The molecule has 0 aliphatic carbocycles. The molecule has 1 aromatic carbocycles. The van der Waals surface area contributed by atoms with Gasteiger partial charge < -0.3 is 15.3 Å². The van der Waals surface area contributed by atoms with E-state index < -0.39 is 18.0 Å². The zero-order chi connectivity index (χ0) is 17.3. The van der Waals surface area contributed by atoms with Crippen molar-refractivity contribution in [2.45, 2.75) is 38.4 Å². The highest BCUT2D eigenvalue weighted by Gasteiger charge is 2.38. The summed E-state index contributed by atoms with van der Waals surface area (Å²) in [5.74, 6) is -1.04. The molecule has 3 N–H and O–H groups in total. The third-order valence-corrected chi connectivity index (χ3v) is 4.35. The minimum absolute atomic E-state index is 0.0922. The summed E-state index contributed by atoms with van der Waals surface area (Å²) in [6, 6.07) is 4.43. The number of hydrogen-bond donors (Lipinski definition) is 3. The van der Waals surface area contributed by atoms with E-state index in [0.717, 1.165) is 5.56 Å². The van der Waals surface area contributed by atoms with E-state index in [1.807, 2.05) is 0 Å². The number of carbonyl (C=O) groups excluding carboxylic acids is 3. The van der Waals surface area contributed by atoms with Gasteiger partial charge in [0.15, 0.2) is 0 Å². The van der Waals surface area contributed by atoms with E-state index in [0.29, 0.717) is 24.0 Å². The molecule has 1 saturated heterocycles. The van der Waals surface area contributed by atoms with Gasteiger partial charge in [-0.25, -0.2) is 4.79 Å². The maximum Gasteiger partial charge on any atom is 0.404 e. The first-order valence-corrected chi connectivity index (χ1v) is 7.69. The predicted octanol–water partition coefficient (Wildman–Crippen LogP) is 0.605. The van der Waals surface area contributed by atoms with Crippen LogP contribution in [0.4, 0.5) is 4.79 Å². The van der Waals surface area contributed by atoms with Gasteiger partial charge in [0.2, 0.25) is 11.8 Å². The second kappa shape index (κ2) is 6.31. The van der Waals surface area contributed by atoms with Crippen molar-refractivity contribution < 1.29 is 24.3 Å². The molecule has 3 rings (SSSR count). The van der Waals surface area contributed by atoms with Crippen molar-refractivity contribution in [2.75, 3.05) is 0 Å². The fourth-order valence-corrected chi connectivity index (χ4v) is 3.17. The van der Waals surface area contributed by atoms with Crippen LogP contribution >= 0.6 is 0 Å². The zero-order valence-electron chi connectivity index (χ0n) is 12.9. The average molecular weight is 331 g/mol. The smallest absolute Gasteiger partial charge is 0.404 e. The highest BCUT2D eigenvalue weighted by Crippen LogP contribution is 2.29. The molecule has 1 unspecified atom stereocenters. The monoisotopic (exact) mass is 331 g/mol. The Morgan fingerprint density at radius 2 is 2.12 bits per heavy atom. The molecule has 126 valence electrons. The molecule has 0 spiro atoms. The van der Waals surface area contributed by atoms with Crippen molar-refractivity contribution >= 4 is 23.8 Å². The number of fused-ring (bicyclic) bond motifs is 1. The molecule has 8 heteroatoms. The van der Waals surface area contributed by atoms with Gasteiger partial charge in [0, 0.05) is 25.1 Å². The van der Waals surface area contributed by atoms with Crippen LogP contribution in [-0.4, -0.2) is 39.9 Å². The van der Waals surface area contributed by atoms with Gasteiger partial charge in [-0.3, -0.25) is 19.7 Å². The number of nitrogens with zero attached hydrogens (tertiary/aromatic N) is 1. The van der Waals surface area contributed by atoms with Crippen LogP contribution in [0.3, 0.4) is 0 Å². The number of carboxylic acid groups (broad SMARTS) is 1. The first kappa shape index (κ1) is 16.0. The number of hydrogen-bond acceptors (Lipinski definition) is 4. The normalized spacial score (nSPS) is 20.4. The van der Waals surface area contributed by atoms with Gasteiger partial charge in [-0.15, -0.1) is 0 Å². The maximum absolute atomic E-state index is 12.6. The predicted molar refractivity (Wildman–Crippen MR) is 82.0 cm³/mol. The fourth-order valence-electron chi connectivity index (χ4n) is 3.17. The highest BCUT2D eigenvalue weighted by molar-refractivity contribution is 6.04. The van der Waals surface area contributed by atoms with Crippen molar-refractivity contribution in [1.82, 2.24) is 15.5 Å². The van der Waals surface area contributed by atoms with Crippen molar-refractivity contribution in [3.63, 3.8) is 0 Å². The Morgan fingerprint density at radius 1 is 1.33 bits per heavy atom. The van der Waals surface area contributed by atoms with Crippen LogP contribution in [0.1, 0.15) is 40.7 Å². The average Bonchev–Trinajstić information content (AvgIpc) is 2.76. The molecular formula is C16H17N3O5. The van der Waals surface area contributed by atoms with Gasteiger partial charge in [0.25, 0.3) is 5.91 Å². The molecule has 0 radical (unpaired) electrons. The van der Waals surface area contributed by atoms with Crippen molar-refractivity contribution in [3.05, 3.63) is 34.9 Å². The van der Waals surface area contributed by atoms with Gasteiger partial charge in [0.1, 0.15) is 6.04 Å². The lowest BCUT2D eigenvalue weighted by molar-refractivity contribution is -0.132. The summed E-state index contributed by atoms with van der Waals surface area (Å²) in [5, 5.41) is 13.3. The molecule has 2 heterocycles. The first-order chi connectivity index (χ1) is 11.5. The standard InChI is InChI=1S/C16H17N3O5/c20-13-6-2-5-12(14(21)18-13)19-8-11-9(7-17-16(23)24)3-1-4-10(11)15(19)22/h1,3-4,12,17H,2,5-8H2,(H,23,24)(H,18,20,21). The summed E-state index contributed by atoms with van der Waals surface area (Å²) in [6.07, 6.45) is 0.0938. The number of rotatable bonds is 3. The summed E-state index contributed by atoms with van der Waals surface area (Å²) in [5.41, 5.74) is 1.90. The Kier molecular flexibility index (Phi) is 4.20. The van der Waals surface area contributed by atoms with Gasteiger partial charge in [-0.2, -0.15) is 0 Å². The molecule has 2 aliphatic rings. The van der Waals surface area contributed by atoms with Crippen LogP contribution in [0.25, 0.3) is 0 Å². The second-order valence-corrected chi connectivity index (χ2v) is 5.86. The number of benzene rings is 1. The van der Waals surface area contributed by atoms with Gasteiger partial charge in [0.05, 0.1) is 0 Å². The lowest BCUT2D eigenvalue weighted by Crippen LogP contribution is -2.46. The lowest BCUT2D eigenvalue weighted by Gasteiger charge is -2.24. The van der Waals surface area contributed by atoms with Crippen LogP contribution in [0.5, 0.6) is 0 Å². The third-order valence-electron chi connectivity index (χ3n) is 4.35. The fraction of sp³-hybridized carbons (Fsp3) is 0.375. The Labute approximate surface area is 137 Å². The number of amides is 4. The van der Waals surface area contributed by atoms with Crippen LogP contribution in [-0.2, 0) is 22.7 Å². The van der Waals surface area contributed by atoms with E-state index in [1.165, 1.54) is 4.90 Å². The summed E-state index contributed by atoms with van der Waals surface area (Å²) in [6.45, 7) is 0.326. The summed E-state index contributed by atoms with van der Waals surface area (Å²) >= 11 is 0. The maximum atomic E-state index is 12.6. The SMILES string of the molecule is O=C(O)NCc1cccc2c1CN(C1CCCC(=O)NC1=O)C2=O. The largest absolute Gasteiger partial charge is 0.465 e. The van der Waals surface area contributed by atoms with Gasteiger partial charge in [-0.05, 0) is 30.0 Å². The Balaban J connectivity index is 1.85. The molecule has 4 amide bonds. The van der Waals surface area contributed by atoms with Gasteiger partial charge >= 0.3 is 6.09 Å². The molecular weight excluding hydrogens is 314 g/mol. The Bertz CT molecular complexity index is 730. The second-order valence-electron chi connectivity index (χ2n) is 5.86. The molecule has 24 heavy (non-hydrogen) atoms. The number of imide groups is 1. The van der Waals surface area contributed by atoms with E-state index in [-0.39, 0.29) is 31.3 Å². The van der Waals surface area contributed by atoms with Crippen molar-refractivity contribution in [2.24, 2.45) is 0 Å². The molecule has 1 aromatic rings. The molecule has 1 atom stereocenters. The zero-order valence-corrected chi connectivity index (χ0v) is 12.9. The highest BCUT2D eigenvalue weighted by atomic mass is 16.4. The summed E-state index contributed by atoms with van der Waals surface area (Å²) in [4.78, 5) is 48.4. The van der Waals surface area contributed by atoms with Crippen LogP contribution < -0.4 is 10.6 Å².